The average molecular weight is 259 g/mol. The van der Waals surface area contributed by atoms with Crippen LogP contribution in [0, 0.1) is 0 Å². The van der Waals surface area contributed by atoms with Gasteiger partial charge < -0.3 is 15.0 Å². The van der Waals surface area contributed by atoms with E-state index in [1.165, 1.54) is 0 Å². The van der Waals surface area contributed by atoms with Crippen LogP contribution in [0.1, 0.15) is 0 Å². The summed E-state index contributed by atoms with van der Waals surface area (Å²) < 4.78 is 5.54. The highest BCUT2D eigenvalue weighted by molar-refractivity contribution is 7.80. The van der Waals surface area contributed by atoms with Gasteiger partial charge >= 0.3 is 0 Å². The molecule has 0 radical (unpaired) electrons. The highest BCUT2D eigenvalue weighted by Gasteiger charge is 2.01. The third kappa shape index (κ3) is 4.24. The number of nitrogens with one attached hydrogen (secondary N) is 1. The molecule has 0 fully saturated rings. The minimum atomic E-state index is 0.583. The zero-order valence-corrected chi connectivity index (χ0v) is 10.9. The number of rotatable bonds is 4. The van der Waals surface area contributed by atoms with Crippen LogP contribution in [0.3, 0.4) is 0 Å². The van der Waals surface area contributed by atoms with Crippen molar-refractivity contribution < 1.29 is 4.74 Å². The summed E-state index contributed by atoms with van der Waals surface area (Å²) in [6.45, 7) is 1.32. The molecule has 1 aromatic carbocycles. The first-order valence-electron chi connectivity index (χ1n) is 4.94. The second-order valence-electron chi connectivity index (χ2n) is 3.28. The predicted molar refractivity (Wildman–Crippen MR) is 71.2 cm³/mol. The van der Waals surface area contributed by atoms with Crippen molar-refractivity contribution in [2.75, 3.05) is 27.2 Å². The van der Waals surface area contributed by atoms with E-state index in [-0.39, 0.29) is 0 Å². The Labute approximate surface area is 106 Å². The Kier molecular flexibility index (Phi) is 5.35. The Balaban J connectivity index is 2.30. The smallest absolute Gasteiger partial charge is 0.168 e. The van der Waals surface area contributed by atoms with Gasteiger partial charge in [0.15, 0.2) is 5.11 Å². The molecule has 0 saturated carbocycles. The third-order valence-electron chi connectivity index (χ3n) is 2.07. The second kappa shape index (κ2) is 6.55. The first-order chi connectivity index (χ1) is 7.63. The molecule has 16 heavy (non-hydrogen) atoms. The molecule has 0 saturated heterocycles. The normalized spacial score (nSPS) is 9.69. The van der Waals surface area contributed by atoms with Gasteiger partial charge in [-0.05, 0) is 36.5 Å². The minimum absolute atomic E-state index is 0.583. The summed E-state index contributed by atoms with van der Waals surface area (Å²) >= 11 is 10.8. The quantitative estimate of drug-likeness (QED) is 0.837. The number of hydrogen-bond acceptors (Lipinski definition) is 2. The zero-order chi connectivity index (χ0) is 12.0. The van der Waals surface area contributed by atoms with Crippen LogP contribution < -0.4 is 10.1 Å². The summed E-state index contributed by atoms with van der Waals surface area (Å²) in [5.41, 5.74) is 0. The van der Waals surface area contributed by atoms with Crippen molar-refractivity contribution in [1.82, 2.24) is 10.2 Å². The highest BCUT2D eigenvalue weighted by Crippen LogP contribution is 2.15. The predicted octanol–water partition coefficient (Wildman–Crippen LogP) is 2.15. The van der Waals surface area contributed by atoms with Gasteiger partial charge in [-0.2, -0.15) is 0 Å². The molecule has 1 N–H and O–H groups in total. The summed E-state index contributed by atoms with van der Waals surface area (Å²) in [5.74, 6) is 0.813. The number of nitrogens with zero attached hydrogens (tertiary/aromatic N) is 1. The molecule has 0 bridgehead atoms. The van der Waals surface area contributed by atoms with Crippen LogP contribution in [0.4, 0.5) is 0 Å². The lowest BCUT2D eigenvalue weighted by atomic mass is 10.3. The number of benzene rings is 1. The van der Waals surface area contributed by atoms with Crippen molar-refractivity contribution in [2.24, 2.45) is 0 Å². The average Bonchev–Trinajstić information content (AvgIpc) is 2.30. The molecular formula is C11H15ClN2OS. The van der Waals surface area contributed by atoms with E-state index in [1.807, 2.05) is 24.1 Å². The van der Waals surface area contributed by atoms with E-state index in [9.17, 15) is 0 Å². The summed E-state index contributed by atoms with van der Waals surface area (Å²) in [4.78, 5) is 1.92. The topological polar surface area (TPSA) is 24.5 Å². The molecule has 0 aromatic heterocycles. The molecular weight excluding hydrogens is 244 g/mol. The van der Waals surface area contributed by atoms with Gasteiger partial charge in [0.1, 0.15) is 12.4 Å². The standard InChI is InChI=1S/C11H15ClN2OS/c1-13-11(16)14(2)7-8-15-10-5-3-9(12)4-6-10/h3-6H,7-8H2,1-2H3,(H,13,16). The van der Waals surface area contributed by atoms with Crippen molar-refractivity contribution in [1.29, 1.82) is 0 Å². The van der Waals surface area contributed by atoms with Crippen molar-refractivity contribution in [3.05, 3.63) is 29.3 Å². The van der Waals surface area contributed by atoms with Gasteiger partial charge in [0.05, 0.1) is 6.54 Å². The monoisotopic (exact) mass is 258 g/mol. The lowest BCUT2D eigenvalue weighted by Gasteiger charge is -2.19. The Bertz CT molecular complexity index is 342. The number of thiocarbonyl (C=S) groups is 1. The molecule has 88 valence electrons. The van der Waals surface area contributed by atoms with Crippen LogP contribution in [0.2, 0.25) is 5.02 Å². The van der Waals surface area contributed by atoms with Gasteiger partial charge in [-0.25, -0.2) is 0 Å². The van der Waals surface area contributed by atoms with E-state index in [2.05, 4.69) is 5.32 Å². The number of hydrogen-bond donors (Lipinski definition) is 1. The molecule has 0 aliphatic heterocycles. The SMILES string of the molecule is CNC(=S)N(C)CCOc1ccc(Cl)cc1. The first kappa shape index (κ1) is 13.1. The lowest BCUT2D eigenvalue weighted by Crippen LogP contribution is -2.37. The molecule has 0 atom stereocenters. The van der Waals surface area contributed by atoms with Crippen LogP contribution in [-0.2, 0) is 0 Å². The van der Waals surface area contributed by atoms with Crippen LogP contribution in [0.5, 0.6) is 5.75 Å². The van der Waals surface area contributed by atoms with Gasteiger partial charge in [0.2, 0.25) is 0 Å². The minimum Gasteiger partial charge on any atom is -0.492 e. The van der Waals surface area contributed by atoms with Crippen molar-refractivity contribution in [3.63, 3.8) is 0 Å². The second-order valence-corrected chi connectivity index (χ2v) is 4.10. The van der Waals surface area contributed by atoms with Gasteiger partial charge in [0.25, 0.3) is 0 Å². The van der Waals surface area contributed by atoms with Crippen molar-refractivity contribution in [3.8, 4) is 5.75 Å². The number of ether oxygens (including phenoxy) is 1. The lowest BCUT2D eigenvalue weighted by molar-refractivity contribution is 0.283. The molecule has 1 aromatic rings. The summed E-state index contributed by atoms with van der Waals surface area (Å²) in [7, 11) is 3.73. The number of halogens is 1. The fourth-order valence-corrected chi connectivity index (χ4v) is 1.34. The van der Waals surface area contributed by atoms with Crippen LogP contribution >= 0.6 is 23.8 Å². The summed E-state index contributed by atoms with van der Waals surface area (Å²) in [6, 6.07) is 7.30. The summed E-state index contributed by atoms with van der Waals surface area (Å²) in [6.07, 6.45) is 0. The maximum atomic E-state index is 5.77. The molecule has 0 aliphatic carbocycles. The van der Waals surface area contributed by atoms with E-state index in [0.717, 1.165) is 12.3 Å². The molecule has 0 spiro atoms. The van der Waals surface area contributed by atoms with E-state index >= 15 is 0 Å². The molecule has 1 rings (SSSR count). The van der Waals surface area contributed by atoms with Crippen molar-refractivity contribution in [2.45, 2.75) is 0 Å². The van der Waals surface area contributed by atoms with Gasteiger partial charge in [0, 0.05) is 19.1 Å². The van der Waals surface area contributed by atoms with E-state index < -0.39 is 0 Å². The van der Waals surface area contributed by atoms with Crippen LogP contribution in [-0.4, -0.2) is 37.3 Å². The van der Waals surface area contributed by atoms with E-state index in [0.29, 0.717) is 16.7 Å². The van der Waals surface area contributed by atoms with Gasteiger partial charge in [-0.3, -0.25) is 0 Å². The third-order valence-corrected chi connectivity index (χ3v) is 2.84. The fourth-order valence-electron chi connectivity index (χ4n) is 1.12. The Hall–Kier alpha value is -1.00. The van der Waals surface area contributed by atoms with E-state index in [4.69, 9.17) is 28.6 Å². The largest absolute Gasteiger partial charge is 0.492 e. The maximum Gasteiger partial charge on any atom is 0.168 e. The Morgan fingerprint density at radius 1 is 1.44 bits per heavy atom. The molecule has 0 amide bonds. The molecule has 0 aliphatic rings. The molecule has 0 heterocycles. The molecule has 3 nitrogen and oxygen atoms in total. The Morgan fingerprint density at radius 2 is 2.06 bits per heavy atom. The first-order valence-corrected chi connectivity index (χ1v) is 5.73. The molecule has 0 unspecified atom stereocenters. The van der Waals surface area contributed by atoms with Crippen LogP contribution in [0.15, 0.2) is 24.3 Å². The van der Waals surface area contributed by atoms with Gasteiger partial charge in [-0.15, -0.1) is 0 Å². The maximum absolute atomic E-state index is 5.77. The van der Waals surface area contributed by atoms with Gasteiger partial charge in [-0.1, -0.05) is 11.6 Å². The molecule has 5 heteroatoms. The van der Waals surface area contributed by atoms with Crippen LogP contribution in [0.25, 0.3) is 0 Å². The summed E-state index contributed by atoms with van der Waals surface area (Å²) in [5, 5.41) is 4.32. The van der Waals surface area contributed by atoms with E-state index in [1.54, 1.807) is 19.2 Å². The highest BCUT2D eigenvalue weighted by atomic mass is 35.5. The fraction of sp³-hybridized carbons (Fsp3) is 0.364. The Morgan fingerprint density at radius 3 is 2.62 bits per heavy atom. The van der Waals surface area contributed by atoms with Crippen molar-refractivity contribution >= 4 is 28.9 Å². The number of likely N-dealkylation sites (N-methyl/N-ethyl adjacent to an activating group) is 1. The zero-order valence-electron chi connectivity index (χ0n) is 9.37.